The van der Waals surface area contributed by atoms with Crippen molar-refractivity contribution in [2.45, 2.75) is 65.4 Å². The van der Waals surface area contributed by atoms with Gasteiger partial charge in [-0.25, -0.2) is 50.5 Å². The van der Waals surface area contributed by atoms with E-state index in [4.69, 9.17) is 0 Å². The van der Waals surface area contributed by atoms with Crippen molar-refractivity contribution in [3.8, 4) is 0 Å². The van der Waals surface area contributed by atoms with Crippen molar-refractivity contribution >= 4 is 59.0 Å². The number of hydrogen-bond donors (Lipinski definition) is 3. The van der Waals surface area contributed by atoms with Crippen molar-refractivity contribution in [1.29, 1.82) is 0 Å². The van der Waals surface area contributed by atoms with Gasteiger partial charge in [-0.3, -0.25) is 15.3 Å². The molecule has 0 saturated carbocycles. The first-order chi connectivity index (χ1) is 33.3. The van der Waals surface area contributed by atoms with Crippen LogP contribution < -0.4 is 0 Å². The van der Waals surface area contributed by atoms with Crippen LogP contribution >= 0.6 is 0 Å². The SMILES string of the molecule is O=S(=O)(c1ccccc1)c1n[nH]c(S(=O)(=O)c2ccccc2)c1C(c1c(S(=O)(=O)c2ccccc2)n[nH]c1S(=O)(=O)c1ccccc1)c1c(S(=O)(=O)c2ccccc2)n[nH]c1S(=O)(=O)c1ccccc1. The van der Waals surface area contributed by atoms with Crippen LogP contribution in [0.2, 0.25) is 0 Å². The van der Waals surface area contributed by atoms with Crippen molar-refractivity contribution in [3.05, 3.63) is 199 Å². The summed E-state index contributed by atoms with van der Waals surface area (Å²) in [5.74, 6) is -2.76. The molecule has 6 aromatic carbocycles. The zero-order valence-electron chi connectivity index (χ0n) is 35.6. The molecular weight excluding hydrogens is 1020 g/mol. The molecule has 3 N–H and O–H groups in total. The van der Waals surface area contributed by atoms with Gasteiger partial charge in [-0.05, 0) is 72.8 Å². The number of H-pyrrole nitrogens is 3. The number of aromatic nitrogens is 6. The van der Waals surface area contributed by atoms with Crippen molar-refractivity contribution in [2.75, 3.05) is 0 Å². The van der Waals surface area contributed by atoms with Crippen molar-refractivity contribution in [2.24, 2.45) is 0 Å². The zero-order valence-corrected chi connectivity index (χ0v) is 40.5. The van der Waals surface area contributed by atoms with Gasteiger partial charge in [0.1, 0.15) is 0 Å². The van der Waals surface area contributed by atoms with E-state index in [1.165, 1.54) is 109 Å². The Labute approximate surface area is 401 Å². The largest absolute Gasteiger partial charge is 0.265 e. The fourth-order valence-corrected chi connectivity index (χ4v) is 16.4. The van der Waals surface area contributed by atoms with Gasteiger partial charge in [-0.15, -0.1) is 0 Å². The molecule has 70 heavy (non-hydrogen) atoms. The molecule has 0 atom stereocenters. The van der Waals surface area contributed by atoms with Crippen LogP contribution in [-0.2, 0) is 59.0 Å². The summed E-state index contributed by atoms with van der Waals surface area (Å²) in [5.41, 5.74) is -3.34. The Hall–Kier alpha value is -7.35. The molecule has 0 spiro atoms. The number of hydrogen-bond acceptors (Lipinski definition) is 15. The van der Waals surface area contributed by atoms with Crippen molar-refractivity contribution < 1.29 is 50.5 Å². The summed E-state index contributed by atoms with van der Waals surface area (Å²) in [6, 6.07) is 38.3. The van der Waals surface area contributed by atoms with E-state index in [1.54, 1.807) is 0 Å². The molecule has 0 aliphatic carbocycles. The Balaban J connectivity index is 1.57. The summed E-state index contributed by atoms with van der Waals surface area (Å²) in [6.45, 7) is 0. The second-order valence-corrected chi connectivity index (χ2v) is 26.4. The highest BCUT2D eigenvalue weighted by molar-refractivity contribution is 7.93. The van der Waals surface area contributed by atoms with Gasteiger partial charge in [-0.2, -0.15) is 15.3 Å². The third-order valence-electron chi connectivity index (χ3n) is 11.0. The average molecular weight is 1060 g/mol. The number of aromatic amines is 3. The highest BCUT2D eigenvalue weighted by Crippen LogP contribution is 2.50. The minimum Gasteiger partial charge on any atom is -0.265 e. The molecule has 0 bridgehead atoms. The van der Waals surface area contributed by atoms with Gasteiger partial charge in [0.2, 0.25) is 59.0 Å². The number of rotatable bonds is 15. The van der Waals surface area contributed by atoms with Crippen LogP contribution in [0, 0.1) is 0 Å². The highest BCUT2D eigenvalue weighted by Gasteiger charge is 2.49. The molecule has 0 amide bonds. The fraction of sp³-hybridized carbons (Fsp3) is 0.0217. The highest BCUT2D eigenvalue weighted by atomic mass is 32.2. The van der Waals surface area contributed by atoms with Gasteiger partial charge in [-0.1, -0.05) is 109 Å². The Kier molecular flexibility index (Phi) is 12.2. The third kappa shape index (κ3) is 8.06. The van der Waals surface area contributed by atoms with E-state index in [9.17, 15) is 0 Å². The minimum atomic E-state index is -5.19. The lowest BCUT2D eigenvalue weighted by Crippen LogP contribution is -2.21. The molecule has 0 fully saturated rings. The first-order valence-electron chi connectivity index (χ1n) is 20.4. The maximum Gasteiger partial charge on any atom is 0.226 e. The number of benzene rings is 6. The monoisotopic (exact) mass is 1050 g/mol. The van der Waals surface area contributed by atoms with Crippen LogP contribution in [0.1, 0.15) is 22.6 Å². The molecular formula is C46H34N6O12S6. The van der Waals surface area contributed by atoms with Crippen LogP contribution in [0.25, 0.3) is 0 Å². The van der Waals surface area contributed by atoms with Crippen molar-refractivity contribution in [3.63, 3.8) is 0 Å². The van der Waals surface area contributed by atoms with Gasteiger partial charge in [0.25, 0.3) is 0 Å². The lowest BCUT2D eigenvalue weighted by atomic mass is 9.90. The number of nitrogens with zero attached hydrogens (tertiary/aromatic N) is 3. The minimum absolute atomic E-state index is 0.509. The lowest BCUT2D eigenvalue weighted by Gasteiger charge is -2.23. The Morgan fingerprint density at radius 3 is 0.614 bits per heavy atom. The third-order valence-corrected chi connectivity index (χ3v) is 21.3. The van der Waals surface area contributed by atoms with E-state index in [0.29, 0.717) is 0 Å². The molecule has 0 aliphatic rings. The van der Waals surface area contributed by atoms with Gasteiger partial charge in [0.15, 0.2) is 30.2 Å². The maximum atomic E-state index is 15.2. The van der Waals surface area contributed by atoms with Crippen LogP contribution in [0.4, 0.5) is 0 Å². The molecule has 9 aromatic rings. The Morgan fingerprint density at radius 1 is 0.257 bits per heavy atom. The maximum absolute atomic E-state index is 15.2. The van der Waals surface area contributed by atoms with E-state index in [2.05, 4.69) is 30.6 Å². The average Bonchev–Trinajstić information content (AvgIpc) is 4.16. The van der Waals surface area contributed by atoms with E-state index in [-0.39, 0.29) is 0 Å². The molecule has 9 rings (SSSR count). The number of nitrogens with one attached hydrogen (secondary N) is 3. The Morgan fingerprint density at radius 2 is 0.429 bits per heavy atom. The molecule has 0 unspecified atom stereocenters. The van der Waals surface area contributed by atoms with Gasteiger partial charge >= 0.3 is 0 Å². The Bertz CT molecular complexity index is 3430. The number of sulfone groups is 6. The van der Waals surface area contributed by atoms with E-state index < -0.39 is 141 Å². The predicted octanol–water partition coefficient (Wildman–Crippen LogP) is 6.03. The van der Waals surface area contributed by atoms with Gasteiger partial charge < -0.3 is 0 Å². The standard InChI is InChI=1S/C46H34N6O12S6/c53-65(54,31-19-7-1-8-20-31)41-38(42(48-47-41)66(55,56)32-21-9-2-10-22-32)37(39-43(67(57,58)33-23-11-3-12-24-33)49-50-44(39)68(59,60)34-25-13-4-14-26-34)40-45(69(61,62)35-27-15-5-16-28-35)51-52-46(40)70(63,64)36-29-17-6-18-30-36/h1-30,37H,(H,47,48)(H,49,50)(H,51,52). The van der Waals surface area contributed by atoms with Gasteiger partial charge in [0, 0.05) is 16.7 Å². The van der Waals surface area contributed by atoms with E-state index in [0.717, 1.165) is 72.8 Å². The molecule has 18 nitrogen and oxygen atoms in total. The molecule has 24 heteroatoms. The van der Waals surface area contributed by atoms with Crippen molar-refractivity contribution in [1.82, 2.24) is 30.6 Å². The summed E-state index contributed by atoms with van der Waals surface area (Å²) < 4.78 is 182. The second kappa shape index (κ2) is 17.9. The van der Waals surface area contributed by atoms with E-state index in [1.807, 2.05) is 0 Å². The van der Waals surface area contributed by atoms with Crippen LogP contribution in [0.5, 0.6) is 0 Å². The predicted molar refractivity (Wildman–Crippen MR) is 248 cm³/mol. The first kappa shape index (κ1) is 47.7. The first-order valence-corrected chi connectivity index (χ1v) is 29.3. The molecule has 356 valence electrons. The molecule has 0 aliphatic heterocycles. The second-order valence-electron chi connectivity index (χ2n) is 15.1. The smallest absolute Gasteiger partial charge is 0.226 e. The molecule has 0 saturated heterocycles. The summed E-state index contributed by atoms with van der Waals surface area (Å²) in [7, 11) is -31.0. The van der Waals surface area contributed by atoms with E-state index >= 15 is 50.5 Å². The van der Waals surface area contributed by atoms with Gasteiger partial charge in [0.05, 0.1) is 35.3 Å². The van der Waals surface area contributed by atoms with Crippen LogP contribution in [-0.4, -0.2) is 81.1 Å². The molecule has 0 radical (unpaired) electrons. The summed E-state index contributed by atoms with van der Waals surface area (Å²) in [6.07, 6.45) is 0. The lowest BCUT2D eigenvalue weighted by molar-refractivity contribution is 0.588. The molecule has 3 aromatic heterocycles. The topological polar surface area (TPSA) is 291 Å². The zero-order chi connectivity index (χ0) is 49.7. The quantitative estimate of drug-likeness (QED) is 0.106. The van der Waals surface area contributed by atoms with Crippen LogP contribution in [0.15, 0.2) is 242 Å². The van der Waals surface area contributed by atoms with Crippen LogP contribution in [0.3, 0.4) is 0 Å². The summed E-state index contributed by atoms with van der Waals surface area (Å²) in [5, 5.41) is 11.9. The molecule has 3 heterocycles. The normalized spacial score (nSPS) is 12.8. The fourth-order valence-electron chi connectivity index (χ4n) is 7.67. The summed E-state index contributed by atoms with van der Waals surface area (Å²) >= 11 is 0. The summed E-state index contributed by atoms with van der Waals surface area (Å²) in [4.78, 5) is -3.09.